The molecule has 3 atom stereocenters. The monoisotopic (exact) mass is 893 g/mol. The minimum Gasteiger partial charge on any atom is -0.451 e. The molecule has 1 spiro atoms. The summed E-state index contributed by atoms with van der Waals surface area (Å²) >= 11 is 0. The third-order valence-corrected chi connectivity index (χ3v) is 15.2. The fraction of sp³-hybridized carbons (Fsp3) is 0.465. The summed E-state index contributed by atoms with van der Waals surface area (Å²) in [6, 6.07) is 8.17. The summed E-state index contributed by atoms with van der Waals surface area (Å²) in [6.45, 7) is 3.25. The first-order valence-electron chi connectivity index (χ1n) is 21.1. The van der Waals surface area contributed by atoms with Crippen LogP contribution in [-0.2, 0) is 22.1 Å². The number of anilines is 2. The largest absolute Gasteiger partial charge is 0.451 e. The van der Waals surface area contributed by atoms with Crippen LogP contribution in [0.2, 0.25) is 0 Å². The Hall–Kier alpha value is -5.60. The molecule has 4 heterocycles. The van der Waals surface area contributed by atoms with E-state index in [-0.39, 0.29) is 77.8 Å². The van der Waals surface area contributed by atoms with Gasteiger partial charge in [0.1, 0.15) is 17.7 Å². The number of piperidine rings is 1. The van der Waals surface area contributed by atoms with Crippen LogP contribution in [0.5, 0.6) is 11.5 Å². The van der Waals surface area contributed by atoms with Crippen molar-refractivity contribution in [1.29, 1.82) is 0 Å². The van der Waals surface area contributed by atoms with E-state index in [1.807, 2.05) is 0 Å². The number of ether oxygens (including phenoxy) is 1. The molecular formula is C43H47F4N9O6S. The summed E-state index contributed by atoms with van der Waals surface area (Å²) < 4.78 is 98.9. The molecule has 0 bridgehead atoms. The molecule has 3 aromatic carbocycles. The summed E-state index contributed by atoms with van der Waals surface area (Å²) in [5, 5.41) is 7.36. The van der Waals surface area contributed by atoms with Crippen molar-refractivity contribution >= 4 is 55.5 Å². The molecule has 15 nitrogen and oxygen atoms in total. The van der Waals surface area contributed by atoms with Gasteiger partial charge in [0.25, 0.3) is 5.56 Å². The molecule has 1 unspecified atom stereocenters. The quantitative estimate of drug-likeness (QED) is 0.146. The van der Waals surface area contributed by atoms with Crippen LogP contribution in [0.4, 0.5) is 33.9 Å². The third kappa shape index (κ3) is 7.79. The molecule has 9 rings (SSSR count). The number of alkyl halides is 1. The van der Waals surface area contributed by atoms with Crippen LogP contribution >= 0.6 is 0 Å². The van der Waals surface area contributed by atoms with Crippen molar-refractivity contribution in [2.45, 2.75) is 82.5 Å². The second-order valence-electron chi connectivity index (χ2n) is 17.3. The minimum atomic E-state index is -4.11. The van der Waals surface area contributed by atoms with E-state index in [9.17, 15) is 27.2 Å². The van der Waals surface area contributed by atoms with Gasteiger partial charge in [-0.2, -0.15) is 17.8 Å². The Morgan fingerprint density at radius 3 is 2.46 bits per heavy atom. The van der Waals surface area contributed by atoms with E-state index in [0.29, 0.717) is 47.9 Å². The van der Waals surface area contributed by atoms with Crippen LogP contribution in [0.1, 0.15) is 75.8 Å². The molecule has 20 heteroatoms. The number of fused-ring (bicyclic) bond motifs is 2. The highest BCUT2D eigenvalue weighted by molar-refractivity contribution is 7.90. The Balaban J connectivity index is 0.825. The van der Waals surface area contributed by atoms with Crippen molar-refractivity contribution in [2.75, 3.05) is 42.8 Å². The van der Waals surface area contributed by atoms with Gasteiger partial charge in [-0.15, -0.1) is 0 Å². The minimum absolute atomic E-state index is 0.0119. The number of nitrogens with zero attached hydrogens (tertiary/aromatic N) is 7. The number of aryl methyl sites for hydroxylation is 1. The van der Waals surface area contributed by atoms with Gasteiger partial charge in [-0.05, 0) is 117 Å². The normalized spacial score (nSPS) is 22.2. The zero-order chi connectivity index (χ0) is 44.5. The van der Waals surface area contributed by atoms with Gasteiger partial charge in [0.05, 0.1) is 28.4 Å². The van der Waals surface area contributed by atoms with Crippen molar-refractivity contribution in [1.82, 2.24) is 33.9 Å². The van der Waals surface area contributed by atoms with Gasteiger partial charge in [0, 0.05) is 51.1 Å². The van der Waals surface area contributed by atoms with Crippen LogP contribution in [-0.4, -0.2) is 94.3 Å². The molecule has 2 aliphatic heterocycles. The lowest BCUT2D eigenvalue weighted by atomic mass is 9.60. The van der Waals surface area contributed by atoms with Gasteiger partial charge in [-0.25, -0.2) is 27.3 Å². The number of imide groups is 1. The predicted octanol–water partition coefficient (Wildman–Crippen LogP) is 6.64. The zero-order valence-electron chi connectivity index (χ0n) is 34.9. The number of nitrogens with one attached hydrogen (secondary N) is 2. The van der Waals surface area contributed by atoms with E-state index in [1.165, 1.54) is 42.5 Å². The van der Waals surface area contributed by atoms with Gasteiger partial charge >= 0.3 is 16.2 Å². The highest BCUT2D eigenvalue weighted by atomic mass is 32.2. The lowest BCUT2D eigenvalue weighted by Gasteiger charge is -2.54. The first-order chi connectivity index (χ1) is 30.0. The number of carbonyl (C=O) groups excluding carboxylic acids is 2. The highest BCUT2D eigenvalue weighted by Crippen LogP contribution is 2.55. The highest BCUT2D eigenvalue weighted by Gasteiger charge is 2.48. The van der Waals surface area contributed by atoms with Crippen LogP contribution in [0, 0.1) is 22.9 Å². The van der Waals surface area contributed by atoms with Crippen LogP contribution in [0.3, 0.4) is 0 Å². The van der Waals surface area contributed by atoms with Gasteiger partial charge in [0.2, 0.25) is 11.7 Å². The number of likely N-dealkylation sites (tertiary alicyclic amines) is 1. The molecule has 2 saturated heterocycles. The predicted molar refractivity (Wildman–Crippen MR) is 226 cm³/mol. The van der Waals surface area contributed by atoms with Crippen molar-refractivity contribution in [3.63, 3.8) is 0 Å². The second-order valence-corrected chi connectivity index (χ2v) is 19.1. The van der Waals surface area contributed by atoms with E-state index in [1.54, 1.807) is 29.3 Å². The van der Waals surface area contributed by atoms with E-state index in [2.05, 4.69) is 25.0 Å². The smallest absolute Gasteiger partial charge is 0.329 e. The number of benzene rings is 3. The molecule has 63 heavy (non-hydrogen) atoms. The maximum Gasteiger partial charge on any atom is 0.329 e. The van der Waals surface area contributed by atoms with Gasteiger partial charge in [-0.1, -0.05) is 6.92 Å². The average Bonchev–Trinajstić information content (AvgIpc) is 3.56. The average molecular weight is 894 g/mol. The lowest BCUT2D eigenvalue weighted by molar-refractivity contribution is -0.120. The number of amides is 3. The standard InChI is InChI=1S/C43H47F4N9O6S/c1-4-52(2)63(60,61)51-34-9-7-30(44)39(38(34)47)62-26-6-8-33-28(18-26)41(58)56(23-48-33)25-21-43(22-25)12-15-54(16-13-43)35-10-5-24(17-32(35)46)27-20-36-29(19-31(27)45)40(50-53(36)3)55-14-11-37(57)49-42(55)59/h6-9,18-20,23-25,32,35,51H,4-5,10-17,21-22H2,1-3H3,(H,49,57,59)/t24-,32?,35-/m1/s1. The van der Waals surface area contributed by atoms with Crippen molar-refractivity contribution < 1.29 is 40.3 Å². The Morgan fingerprint density at radius 1 is 0.984 bits per heavy atom. The first kappa shape index (κ1) is 42.7. The summed E-state index contributed by atoms with van der Waals surface area (Å²) in [4.78, 5) is 46.0. The summed E-state index contributed by atoms with van der Waals surface area (Å²) in [5.41, 5.74) is 0.547. The van der Waals surface area contributed by atoms with Crippen molar-refractivity contribution in [3.05, 3.63) is 82.2 Å². The third-order valence-electron chi connectivity index (χ3n) is 13.6. The van der Waals surface area contributed by atoms with Gasteiger partial charge in [-0.3, -0.25) is 38.7 Å². The number of rotatable bonds is 10. The van der Waals surface area contributed by atoms with Gasteiger partial charge in [0.15, 0.2) is 17.5 Å². The maximum atomic E-state index is 16.1. The Kier molecular flexibility index (Phi) is 11.0. The van der Waals surface area contributed by atoms with E-state index in [4.69, 9.17) is 4.74 Å². The Morgan fingerprint density at radius 2 is 1.75 bits per heavy atom. The second kappa shape index (κ2) is 16.2. The molecule has 0 radical (unpaired) electrons. The maximum absolute atomic E-state index is 16.1. The van der Waals surface area contributed by atoms with E-state index < -0.39 is 51.3 Å². The number of halogens is 4. The van der Waals surface area contributed by atoms with Crippen LogP contribution in [0.15, 0.2) is 53.6 Å². The Bertz CT molecular complexity index is 2820. The molecule has 2 aromatic heterocycles. The number of hydrogen-bond donors (Lipinski definition) is 2. The number of aromatic nitrogens is 4. The number of urea groups is 1. The molecule has 2 N–H and O–H groups in total. The molecule has 2 saturated carbocycles. The fourth-order valence-electron chi connectivity index (χ4n) is 9.87. The van der Waals surface area contributed by atoms with Crippen molar-refractivity contribution in [2.24, 2.45) is 12.5 Å². The summed E-state index contributed by atoms with van der Waals surface area (Å²) in [7, 11) is -1.10. The van der Waals surface area contributed by atoms with Gasteiger partial charge < -0.3 is 4.74 Å². The molecule has 4 fully saturated rings. The molecular weight excluding hydrogens is 847 g/mol. The van der Waals surface area contributed by atoms with E-state index >= 15 is 13.2 Å². The molecule has 3 amide bonds. The topological polar surface area (TPSA) is 164 Å². The number of hydrogen-bond acceptors (Lipinski definition) is 9. The first-order valence-corrected chi connectivity index (χ1v) is 22.5. The number of carbonyl (C=O) groups is 2. The van der Waals surface area contributed by atoms with Crippen LogP contribution < -0.4 is 25.2 Å². The molecule has 4 aliphatic rings. The van der Waals surface area contributed by atoms with Crippen LogP contribution in [0.25, 0.3) is 21.8 Å². The zero-order valence-corrected chi connectivity index (χ0v) is 35.7. The molecule has 334 valence electrons. The SMILES string of the molecule is CCN(C)S(=O)(=O)Nc1ccc(F)c(Oc2ccc3ncn(C4CC5(CCN([C@@H]6CC[C@@H](c7cc8c(cc7F)c(N7CCC(=O)NC7=O)nn8C)CC6F)CC5)C4)c(=O)c3c2)c1F. The molecule has 5 aromatic rings. The summed E-state index contributed by atoms with van der Waals surface area (Å²) in [5.74, 6) is -4.13. The molecule has 2 aliphatic carbocycles. The Labute approximate surface area is 360 Å². The van der Waals surface area contributed by atoms with E-state index in [0.717, 1.165) is 42.1 Å². The fourth-order valence-corrected chi connectivity index (χ4v) is 10.8. The lowest BCUT2D eigenvalue weighted by Crippen LogP contribution is -2.54. The summed E-state index contributed by atoms with van der Waals surface area (Å²) in [6.07, 6.45) is 4.96. The van der Waals surface area contributed by atoms with Crippen molar-refractivity contribution in [3.8, 4) is 11.5 Å².